The average molecular weight is 261 g/mol. The second-order valence-corrected chi connectivity index (χ2v) is 5.24. The molecule has 0 bridgehead atoms. The normalized spacial score (nSPS) is 11.5. The van der Waals surface area contributed by atoms with Crippen molar-refractivity contribution in [2.75, 3.05) is 0 Å². The molecule has 0 saturated heterocycles. The Bertz CT molecular complexity index is 649. The Hall–Kier alpha value is -2.30. The Morgan fingerprint density at radius 3 is 2.47 bits per heavy atom. The van der Waals surface area contributed by atoms with Crippen molar-refractivity contribution in [2.45, 2.75) is 26.4 Å². The summed E-state index contributed by atoms with van der Waals surface area (Å²) in [6.45, 7) is 5.37. The lowest BCUT2D eigenvalue weighted by Crippen LogP contribution is -2.26. The van der Waals surface area contributed by atoms with Crippen LogP contribution in [0.15, 0.2) is 30.5 Å². The molecule has 0 saturated carbocycles. The predicted octanol–water partition coefficient (Wildman–Crippen LogP) is 3.12. The highest BCUT2D eigenvalue weighted by Crippen LogP contribution is 2.19. The lowest BCUT2D eigenvalue weighted by molar-refractivity contribution is 0.0544. The van der Waals surface area contributed by atoms with Crippen LogP contribution in [0, 0.1) is 0 Å². The number of aromatic carboxylic acids is 1. The van der Waals surface area contributed by atoms with Crippen LogP contribution in [0.2, 0.25) is 0 Å². The molecule has 1 N–H and O–H groups in total. The van der Waals surface area contributed by atoms with Crippen LogP contribution >= 0.6 is 0 Å². The van der Waals surface area contributed by atoms with Crippen molar-refractivity contribution < 1.29 is 19.4 Å². The van der Waals surface area contributed by atoms with E-state index in [-0.39, 0.29) is 5.56 Å². The molecule has 5 heteroatoms. The van der Waals surface area contributed by atoms with Gasteiger partial charge in [0.25, 0.3) is 0 Å². The zero-order valence-corrected chi connectivity index (χ0v) is 11.0. The maximum atomic E-state index is 12.0. The van der Waals surface area contributed by atoms with Gasteiger partial charge in [0.1, 0.15) is 5.60 Å². The average Bonchev–Trinajstić information content (AvgIpc) is 2.68. The molecule has 1 aromatic heterocycles. The molecular weight excluding hydrogens is 246 g/mol. The van der Waals surface area contributed by atoms with Crippen LogP contribution in [0.5, 0.6) is 0 Å². The number of carbonyl (C=O) groups excluding carboxylic acids is 1. The summed E-state index contributed by atoms with van der Waals surface area (Å²) in [5.41, 5.74) is 0.239. The number of fused-ring (bicyclic) bond motifs is 1. The number of rotatable bonds is 1. The Morgan fingerprint density at radius 2 is 1.89 bits per heavy atom. The highest BCUT2D eigenvalue weighted by Gasteiger charge is 2.19. The topological polar surface area (TPSA) is 68.5 Å². The Labute approximate surface area is 110 Å². The standard InChI is InChI=1S/C14H15NO4/c1-14(2,3)19-13(18)15-7-6-9-8-10(12(16)17)4-5-11(9)15/h4-8H,1-3H3,(H,16,17). The maximum absolute atomic E-state index is 12.0. The predicted molar refractivity (Wildman–Crippen MR) is 70.5 cm³/mol. The van der Waals surface area contributed by atoms with Gasteiger partial charge < -0.3 is 9.84 Å². The highest BCUT2D eigenvalue weighted by molar-refractivity contribution is 5.96. The summed E-state index contributed by atoms with van der Waals surface area (Å²) in [7, 11) is 0. The van der Waals surface area contributed by atoms with Crippen molar-refractivity contribution in [1.82, 2.24) is 4.57 Å². The lowest BCUT2D eigenvalue weighted by atomic mass is 10.1. The van der Waals surface area contributed by atoms with Crippen LogP contribution in [0.4, 0.5) is 4.79 Å². The molecule has 0 aliphatic carbocycles. The number of ether oxygens (including phenoxy) is 1. The molecule has 100 valence electrons. The SMILES string of the molecule is CC(C)(C)OC(=O)n1ccc2cc(C(=O)O)ccc21. The molecule has 0 radical (unpaired) electrons. The summed E-state index contributed by atoms with van der Waals surface area (Å²) in [6.07, 6.45) is 1.09. The molecule has 2 aromatic rings. The van der Waals surface area contributed by atoms with Gasteiger partial charge >= 0.3 is 12.1 Å². The third kappa shape index (κ3) is 2.76. The number of hydrogen-bond acceptors (Lipinski definition) is 3. The molecule has 5 nitrogen and oxygen atoms in total. The molecule has 0 fully saturated rings. The first-order valence-corrected chi connectivity index (χ1v) is 5.86. The van der Waals surface area contributed by atoms with Gasteiger partial charge in [0.15, 0.2) is 0 Å². The Morgan fingerprint density at radius 1 is 1.21 bits per heavy atom. The van der Waals surface area contributed by atoms with Crippen LogP contribution in [0.3, 0.4) is 0 Å². The lowest BCUT2D eigenvalue weighted by Gasteiger charge is -2.19. The zero-order valence-electron chi connectivity index (χ0n) is 11.0. The van der Waals surface area contributed by atoms with E-state index in [1.807, 2.05) is 0 Å². The van der Waals surface area contributed by atoms with Gasteiger partial charge in [-0.2, -0.15) is 0 Å². The Balaban J connectivity index is 2.41. The van der Waals surface area contributed by atoms with Gasteiger partial charge in [-0.3, -0.25) is 4.57 Å². The van der Waals surface area contributed by atoms with E-state index < -0.39 is 17.7 Å². The number of hydrogen-bond donors (Lipinski definition) is 1. The first-order chi connectivity index (χ1) is 8.78. The third-order valence-electron chi connectivity index (χ3n) is 2.53. The molecule has 0 amide bonds. The minimum atomic E-state index is -0.994. The molecule has 0 unspecified atom stereocenters. The molecule has 1 aromatic carbocycles. The molecule has 0 spiro atoms. The van der Waals surface area contributed by atoms with Crippen LogP contribution in [0.1, 0.15) is 31.1 Å². The van der Waals surface area contributed by atoms with E-state index in [0.29, 0.717) is 10.9 Å². The van der Waals surface area contributed by atoms with E-state index >= 15 is 0 Å². The fourth-order valence-corrected chi connectivity index (χ4v) is 1.75. The third-order valence-corrected chi connectivity index (χ3v) is 2.53. The van der Waals surface area contributed by atoms with E-state index in [9.17, 15) is 9.59 Å². The summed E-state index contributed by atoms with van der Waals surface area (Å²) in [5, 5.41) is 9.60. The van der Waals surface area contributed by atoms with E-state index in [0.717, 1.165) is 0 Å². The van der Waals surface area contributed by atoms with Crippen molar-refractivity contribution in [1.29, 1.82) is 0 Å². The largest absolute Gasteiger partial charge is 0.478 e. The quantitative estimate of drug-likeness (QED) is 0.856. The number of aromatic nitrogens is 1. The first-order valence-electron chi connectivity index (χ1n) is 5.86. The summed E-state index contributed by atoms with van der Waals surface area (Å²) < 4.78 is 6.64. The van der Waals surface area contributed by atoms with Gasteiger partial charge in [-0.1, -0.05) is 0 Å². The monoisotopic (exact) mass is 261 g/mol. The fourth-order valence-electron chi connectivity index (χ4n) is 1.75. The number of carbonyl (C=O) groups is 2. The van der Waals surface area contributed by atoms with Crippen LogP contribution < -0.4 is 0 Å². The van der Waals surface area contributed by atoms with Gasteiger partial charge in [0.05, 0.1) is 11.1 Å². The van der Waals surface area contributed by atoms with Crippen molar-refractivity contribution in [3.8, 4) is 0 Å². The minimum absolute atomic E-state index is 0.189. The number of carboxylic acids is 1. The summed E-state index contributed by atoms with van der Waals surface area (Å²) >= 11 is 0. The second kappa shape index (κ2) is 4.42. The minimum Gasteiger partial charge on any atom is -0.478 e. The Kier molecular flexibility index (Phi) is 3.06. The molecule has 19 heavy (non-hydrogen) atoms. The van der Waals surface area contributed by atoms with E-state index in [2.05, 4.69) is 0 Å². The molecule has 0 atom stereocenters. The highest BCUT2D eigenvalue weighted by atomic mass is 16.6. The van der Waals surface area contributed by atoms with Crippen molar-refractivity contribution in [3.63, 3.8) is 0 Å². The molecule has 0 aliphatic heterocycles. The van der Waals surface area contributed by atoms with Crippen LogP contribution in [-0.4, -0.2) is 27.3 Å². The number of benzene rings is 1. The number of carboxylic acid groups (broad SMARTS) is 1. The maximum Gasteiger partial charge on any atom is 0.418 e. The van der Waals surface area contributed by atoms with E-state index in [4.69, 9.17) is 9.84 Å². The smallest absolute Gasteiger partial charge is 0.418 e. The van der Waals surface area contributed by atoms with Gasteiger partial charge in [0, 0.05) is 11.6 Å². The first kappa shape index (κ1) is 13.1. The van der Waals surface area contributed by atoms with Crippen molar-refractivity contribution in [2.24, 2.45) is 0 Å². The zero-order chi connectivity index (χ0) is 14.2. The molecule has 2 rings (SSSR count). The number of nitrogens with zero attached hydrogens (tertiary/aromatic N) is 1. The van der Waals surface area contributed by atoms with Gasteiger partial charge in [-0.25, -0.2) is 9.59 Å². The summed E-state index contributed by atoms with van der Waals surface area (Å²) in [6, 6.07) is 6.28. The van der Waals surface area contributed by atoms with Gasteiger partial charge in [-0.05, 0) is 45.0 Å². The van der Waals surface area contributed by atoms with E-state index in [1.165, 1.54) is 16.7 Å². The van der Waals surface area contributed by atoms with Gasteiger partial charge in [-0.15, -0.1) is 0 Å². The molecular formula is C14H15NO4. The second-order valence-electron chi connectivity index (χ2n) is 5.24. The summed E-state index contributed by atoms with van der Waals surface area (Å²) in [4.78, 5) is 22.9. The van der Waals surface area contributed by atoms with Crippen molar-refractivity contribution in [3.05, 3.63) is 36.0 Å². The van der Waals surface area contributed by atoms with Crippen molar-refractivity contribution >= 4 is 23.0 Å². The fraction of sp³-hybridized carbons (Fsp3) is 0.286. The molecule has 1 heterocycles. The molecule has 0 aliphatic rings. The van der Waals surface area contributed by atoms with Crippen LogP contribution in [-0.2, 0) is 4.74 Å². The van der Waals surface area contributed by atoms with E-state index in [1.54, 1.807) is 39.1 Å². The summed E-state index contributed by atoms with van der Waals surface area (Å²) in [5.74, 6) is -0.994. The van der Waals surface area contributed by atoms with Gasteiger partial charge in [0.2, 0.25) is 0 Å². The van der Waals surface area contributed by atoms with Crippen LogP contribution in [0.25, 0.3) is 10.9 Å².